The van der Waals surface area contributed by atoms with Gasteiger partial charge in [-0.3, -0.25) is 19.4 Å². The van der Waals surface area contributed by atoms with Gasteiger partial charge in [-0.1, -0.05) is 36.4 Å². The van der Waals surface area contributed by atoms with Crippen molar-refractivity contribution in [2.45, 2.75) is 13.0 Å². The van der Waals surface area contributed by atoms with E-state index in [1.54, 1.807) is 40.2 Å². The Balaban J connectivity index is 2.00. The van der Waals surface area contributed by atoms with Gasteiger partial charge >= 0.3 is 17.9 Å². The highest BCUT2D eigenvalue weighted by Crippen LogP contribution is 2.19. The number of benzene rings is 1. The van der Waals surface area contributed by atoms with Crippen LogP contribution in [0.15, 0.2) is 48.1 Å². The maximum absolute atomic E-state index is 11.3. The number of aliphatic carboxylic acids is 3. The van der Waals surface area contributed by atoms with Gasteiger partial charge in [0.2, 0.25) is 0 Å². The summed E-state index contributed by atoms with van der Waals surface area (Å²) >= 11 is 0. The van der Waals surface area contributed by atoms with Crippen LogP contribution in [-0.2, 0) is 20.9 Å². The zero-order valence-electron chi connectivity index (χ0n) is 16.5. The highest BCUT2D eigenvalue weighted by Gasteiger charge is 2.20. The Morgan fingerprint density at radius 1 is 0.967 bits per heavy atom. The van der Waals surface area contributed by atoms with Crippen LogP contribution in [0.4, 0.5) is 0 Å². The molecule has 4 N–H and O–H groups in total. The molecule has 0 bridgehead atoms. The molecule has 1 aliphatic rings. The minimum absolute atomic E-state index is 0.0291. The van der Waals surface area contributed by atoms with Crippen LogP contribution < -0.4 is 0 Å². The summed E-state index contributed by atoms with van der Waals surface area (Å²) in [5.41, 5.74) is 0.802. The lowest BCUT2D eigenvalue weighted by atomic mass is 9.96. The SMILES string of the molecule is O=C(O)CN(CCN(CC(=O)O)CC1C=CC(C(=O)O)=CC1)Cc1ccccc1O. The molecule has 0 fully saturated rings. The minimum atomic E-state index is -1.02. The van der Waals surface area contributed by atoms with Gasteiger partial charge in [-0.25, -0.2) is 4.79 Å². The van der Waals surface area contributed by atoms with Gasteiger partial charge in [-0.2, -0.15) is 0 Å². The Bertz CT molecular complexity index is 834. The molecule has 2 rings (SSSR count). The zero-order valence-corrected chi connectivity index (χ0v) is 16.5. The number of phenols is 1. The van der Waals surface area contributed by atoms with E-state index in [1.807, 2.05) is 0 Å². The maximum Gasteiger partial charge on any atom is 0.335 e. The third kappa shape index (κ3) is 7.69. The van der Waals surface area contributed by atoms with Gasteiger partial charge in [0, 0.05) is 31.7 Å². The van der Waals surface area contributed by atoms with Crippen LogP contribution in [-0.4, -0.2) is 80.9 Å². The third-order valence-electron chi connectivity index (χ3n) is 4.76. The van der Waals surface area contributed by atoms with Crippen molar-refractivity contribution in [1.29, 1.82) is 0 Å². The van der Waals surface area contributed by atoms with Gasteiger partial charge in [0.15, 0.2) is 0 Å². The molecular formula is C21H26N2O7. The summed E-state index contributed by atoms with van der Waals surface area (Å²) in [6, 6.07) is 6.66. The van der Waals surface area contributed by atoms with Crippen LogP contribution in [0.25, 0.3) is 0 Å². The summed E-state index contributed by atoms with van der Waals surface area (Å²) in [6.45, 7) is 0.770. The highest BCUT2D eigenvalue weighted by molar-refractivity contribution is 5.90. The molecule has 1 aliphatic carbocycles. The second kappa shape index (κ2) is 11.1. The highest BCUT2D eigenvalue weighted by atomic mass is 16.4. The average Bonchev–Trinajstić information content (AvgIpc) is 2.67. The van der Waals surface area contributed by atoms with E-state index in [0.717, 1.165) is 0 Å². The van der Waals surface area contributed by atoms with E-state index >= 15 is 0 Å². The fourth-order valence-corrected chi connectivity index (χ4v) is 3.29. The van der Waals surface area contributed by atoms with Crippen LogP contribution in [0.2, 0.25) is 0 Å². The van der Waals surface area contributed by atoms with E-state index in [-0.39, 0.29) is 36.9 Å². The maximum atomic E-state index is 11.3. The Labute approximate surface area is 174 Å². The van der Waals surface area contributed by atoms with Gasteiger partial charge in [0.1, 0.15) is 5.75 Å². The van der Waals surface area contributed by atoms with E-state index < -0.39 is 17.9 Å². The van der Waals surface area contributed by atoms with Crippen LogP contribution >= 0.6 is 0 Å². The molecule has 9 nitrogen and oxygen atoms in total. The first kappa shape index (κ1) is 23.1. The smallest absolute Gasteiger partial charge is 0.335 e. The summed E-state index contributed by atoms with van der Waals surface area (Å²) < 4.78 is 0. The predicted octanol–water partition coefficient (Wildman–Crippen LogP) is 1.25. The molecule has 30 heavy (non-hydrogen) atoms. The molecule has 1 unspecified atom stereocenters. The molecule has 0 heterocycles. The molecular weight excluding hydrogens is 392 g/mol. The number of nitrogens with zero attached hydrogens (tertiary/aromatic N) is 2. The molecule has 0 aliphatic heterocycles. The van der Waals surface area contributed by atoms with E-state index in [2.05, 4.69) is 0 Å². The van der Waals surface area contributed by atoms with Gasteiger partial charge in [-0.05, 0) is 18.4 Å². The van der Waals surface area contributed by atoms with Crippen LogP contribution in [0.3, 0.4) is 0 Å². The largest absolute Gasteiger partial charge is 0.508 e. The molecule has 162 valence electrons. The topological polar surface area (TPSA) is 139 Å². The van der Waals surface area contributed by atoms with Gasteiger partial charge in [0.05, 0.1) is 18.7 Å². The van der Waals surface area contributed by atoms with Crippen molar-refractivity contribution >= 4 is 17.9 Å². The molecule has 0 amide bonds. The van der Waals surface area contributed by atoms with Crippen LogP contribution in [0.5, 0.6) is 5.75 Å². The lowest BCUT2D eigenvalue weighted by molar-refractivity contribution is -0.140. The number of hydrogen-bond acceptors (Lipinski definition) is 6. The van der Waals surface area contributed by atoms with E-state index in [1.165, 1.54) is 12.1 Å². The Hall–Kier alpha value is -3.17. The number of carboxylic acids is 3. The predicted molar refractivity (Wildman–Crippen MR) is 108 cm³/mol. The van der Waals surface area contributed by atoms with Crippen LogP contribution in [0, 0.1) is 5.92 Å². The summed E-state index contributed by atoms with van der Waals surface area (Å²) in [5, 5.41) is 37.4. The van der Waals surface area contributed by atoms with Crippen molar-refractivity contribution in [2.75, 3.05) is 32.7 Å². The fraction of sp³-hybridized carbons (Fsp3) is 0.381. The quantitative estimate of drug-likeness (QED) is 0.395. The molecule has 0 saturated heterocycles. The molecule has 0 aromatic heterocycles. The van der Waals surface area contributed by atoms with Crippen molar-refractivity contribution in [3.63, 3.8) is 0 Å². The number of aromatic hydroxyl groups is 1. The van der Waals surface area contributed by atoms with E-state index in [9.17, 15) is 29.7 Å². The Kier molecular flexibility index (Phi) is 8.57. The first-order chi connectivity index (χ1) is 14.2. The fourth-order valence-electron chi connectivity index (χ4n) is 3.29. The summed E-state index contributed by atoms with van der Waals surface area (Å²) in [7, 11) is 0. The van der Waals surface area contributed by atoms with Crippen molar-refractivity contribution in [3.05, 3.63) is 53.6 Å². The lowest BCUT2D eigenvalue weighted by Gasteiger charge is -2.28. The molecule has 1 aromatic carbocycles. The molecule has 0 radical (unpaired) electrons. The Morgan fingerprint density at radius 2 is 1.60 bits per heavy atom. The monoisotopic (exact) mass is 418 g/mol. The van der Waals surface area contributed by atoms with Crippen molar-refractivity contribution in [3.8, 4) is 5.75 Å². The number of carboxylic acid groups (broad SMARTS) is 3. The average molecular weight is 418 g/mol. The number of carbonyl (C=O) groups is 3. The van der Waals surface area contributed by atoms with E-state index in [0.29, 0.717) is 31.6 Å². The van der Waals surface area contributed by atoms with Crippen LogP contribution in [0.1, 0.15) is 12.0 Å². The van der Waals surface area contributed by atoms with Gasteiger partial charge < -0.3 is 20.4 Å². The van der Waals surface area contributed by atoms with Crippen molar-refractivity contribution in [2.24, 2.45) is 5.92 Å². The molecule has 9 heteroatoms. The second-order valence-electron chi connectivity index (χ2n) is 7.18. The second-order valence-corrected chi connectivity index (χ2v) is 7.18. The first-order valence-electron chi connectivity index (χ1n) is 9.51. The normalized spacial score (nSPS) is 15.9. The molecule has 0 spiro atoms. The first-order valence-corrected chi connectivity index (χ1v) is 9.51. The van der Waals surface area contributed by atoms with Gasteiger partial charge in [-0.15, -0.1) is 0 Å². The number of phenolic OH excluding ortho intramolecular Hbond substituents is 1. The van der Waals surface area contributed by atoms with E-state index in [4.69, 9.17) is 5.11 Å². The number of para-hydroxylation sites is 1. The van der Waals surface area contributed by atoms with Gasteiger partial charge in [0.25, 0.3) is 0 Å². The number of allylic oxidation sites excluding steroid dienone is 1. The number of hydrogen-bond donors (Lipinski definition) is 4. The van der Waals surface area contributed by atoms with Crippen molar-refractivity contribution < 1.29 is 34.8 Å². The zero-order chi connectivity index (χ0) is 22.1. The third-order valence-corrected chi connectivity index (χ3v) is 4.76. The summed E-state index contributed by atoms with van der Waals surface area (Å²) in [6.07, 6.45) is 5.38. The molecule has 1 aromatic rings. The summed E-state index contributed by atoms with van der Waals surface area (Å²) in [4.78, 5) is 36.8. The Morgan fingerprint density at radius 3 is 2.17 bits per heavy atom. The molecule has 1 atom stereocenters. The van der Waals surface area contributed by atoms with Crippen molar-refractivity contribution in [1.82, 2.24) is 9.80 Å². The molecule has 0 saturated carbocycles. The minimum Gasteiger partial charge on any atom is -0.508 e. The number of rotatable bonds is 12. The lowest BCUT2D eigenvalue weighted by Crippen LogP contribution is -2.41. The standard InChI is InChI=1S/C21H26N2O7/c24-18-4-2-1-3-17(18)12-23(14-20(27)28)10-9-22(13-19(25)26)11-15-5-7-16(8-6-15)21(29)30/h1-5,7-8,15,24H,6,9-14H2,(H,25,26)(H,27,28)(H,29,30). The summed E-state index contributed by atoms with van der Waals surface area (Å²) in [5.74, 6) is -2.97.